The van der Waals surface area contributed by atoms with Crippen molar-refractivity contribution in [2.24, 2.45) is 0 Å². The lowest BCUT2D eigenvalue weighted by Crippen LogP contribution is -1.89. The lowest BCUT2D eigenvalue weighted by Gasteiger charge is -2.02. The number of thioether (sulfide) groups is 1. The molecule has 0 saturated carbocycles. The first-order valence-corrected chi connectivity index (χ1v) is 7.21. The minimum atomic E-state index is 0.511. The summed E-state index contributed by atoms with van der Waals surface area (Å²) in [6, 6.07) is 9.32. The van der Waals surface area contributed by atoms with Crippen molar-refractivity contribution < 1.29 is 9.26 Å². The summed E-state index contributed by atoms with van der Waals surface area (Å²) in [6.07, 6.45) is 3.40. The van der Waals surface area contributed by atoms with Crippen LogP contribution in [0.3, 0.4) is 0 Å². The van der Waals surface area contributed by atoms with E-state index in [9.17, 15) is 0 Å². The number of para-hydroxylation sites is 1. The molecular formula is C14H12N4O2S. The van der Waals surface area contributed by atoms with E-state index in [1.165, 1.54) is 11.8 Å². The standard InChI is InChI=1S/C14H12N4O2S/c1-19-11-6-3-2-5-10(11)13-17-12(20-18-13)9-21-14-15-7-4-8-16-14/h2-8H,9H2,1H3. The van der Waals surface area contributed by atoms with Gasteiger partial charge in [0.2, 0.25) is 11.7 Å². The second kappa shape index (κ2) is 6.36. The highest BCUT2D eigenvalue weighted by molar-refractivity contribution is 7.98. The smallest absolute Gasteiger partial charge is 0.237 e. The number of rotatable bonds is 5. The minimum Gasteiger partial charge on any atom is -0.496 e. The molecule has 1 aromatic carbocycles. The van der Waals surface area contributed by atoms with Crippen LogP contribution in [0.2, 0.25) is 0 Å². The number of aromatic nitrogens is 4. The van der Waals surface area contributed by atoms with Crippen LogP contribution >= 0.6 is 11.8 Å². The van der Waals surface area contributed by atoms with Crippen molar-refractivity contribution >= 4 is 11.8 Å². The molecule has 0 atom stereocenters. The zero-order valence-corrected chi connectivity index (χ0v) is 12.1. The van der Waals surface area contributed by atoms with Gasteiger partial charge in [0.25, 0.3) is 0 Å². The van der Waals surface area contributed by atoms with Crippen LogP contribution in [0.5, 0.6) is 5.75 Å². The van der Waals surface area contributed by atoms with Crippen molar-refractivity contribution in [3.8, 4) is 17.1 Å². The molecule has 0 spiro atoms. The molecule has 0 aliphatic heterocycles. The number of hydrogen-bond acceptors (Lipinski definition) is 7. The molecule has 3 rings (SSSR count). The average Bonchev–Trinajstić information content (AvgIpc) is 3.02. The number of methoxy groups -OCH3 is 1. The fourth-order valence-electron chi connectivity index (χ4n) is 1.74. The molecule has 0 unspecified atom stereocenters. The van der Waals surface area contributed by atoms with Gasteiger partial charge in [-0.3, -0.25) is 0 Å². The SMILES string of the molecule is COc1ccccc1-c1noc(CSc2ncccn2)n1. The highest BCUT2D eigenvalue weighted by Crippen LogP contribution is 2.28. The molecule has 2 aromatic heterocycles. The van der Waals surface area contributed by atoms with Gasteiger partial charge in [-0.2, -0.15) is 4.98 Å². The van der Waals surface area contributed by atoms with Crippen molar-refractivity contribution in [2.75, 3.05) is 7.11 Å². The lowest BCUT2D eigenvalue weighted by atomic mass is 10.2. The van der Waals surface area contributed by atoms with Gasteiger partial charge < -0.3 is 9.26 Å². The molecule has 3 aromatic rings. The summed E-state index contributed by atoms with van der Waals surface area (Å²) in [6.45, 7) is 0. The van der Waals surface area contributed by atoms with Gasteiger partial charge in [0.15, 0.2) is 5.16 Å². The summed E-state index contributed by atoms with van der Waals surface area (Å²) in [5, 5.41) is 4.66. The second-order valence-electron chi connectivity index (χ2n) is 4.03. The van der Waals surface area contributed by atoms with Crippen molar-refractivity contribution in [1.82, 2.24) is 20.1 Å². The van der Waals surface area contributed by atoms with E-state index < -0.39 is 0 Å². The molecule has 0 radical (unpaired) electrons. The topological polar surface area (TPSA) is 73.9 Å². The van der Waals surface area contributed by atoms with Crippen molar-refractivity contribution in [2.45, 2.75) is 10.9 Å². The summed E-state index contributed by atoms with van der Waals surface area (Å²) in [7, 11) is 1.61. The van der Waals surface area contributed by atoms with E-state index >= 15 is 0 Å². The molecule has 2 heterocycles. The first kappa shape index (κ1) is 13.6. The van der Waals surface area contributed by atoms with E-state index in [1.807, 2.05) is 24.3 Å². The largest absolute Gasteiger partial charge is 0.496 e. The molecule has 0 N–H and O–H groups in total. The second-order valence-corrected chi connectivity index (χ2v) is 4.97. The maximum atomic E-state index is 5.29. The fourth-order valence-corrected chi connectivity index (χ4v) is 2.38. The summed E-state index contributed by atoms with van der Waals surface area (Å²) < 4.78 is 10.5. The van der Waals surface area contributed by atoms with Gasteiger partial charge in [0, 0.05) is 12.4 Å². The first-order chi connectivity index (χ1) is 10.4. The Hall–Kier alpha value is -2.41. The molecule has 7 heteroatoms. The summed E-state index contributed by atoms with van der Waals surface area (Å²) in [5.41, 5.74) is 0.802. The Morgan fingerprint density at radius 2 is 1.95 bits per heavy atom. The Morgan fingerprint density at radius 3 is 2.76 bits per heavy atom. The molecule has 0 bridgehead atoms. The predicted octanol–water partition coefficient (Wildman–Crippen LogP) is 2.83. The third-order valence-electron chi connectivity index (χ3n) is 2.68. The van der Waals surface area contributed by atoms with Crippen LogP contribution in [0.1, 0.15) is 5.89 Å². The summed E-state index contributed by atoms with van der Waals surface area (Å²) in [4.78, 5) is 12.6. The minimum absolute atomic E-state index is 0.511. The molecule has 21 heavy (non-hydrogen) atoms. The average molecular weight is 300 g/mol. The Labute approximate surface area is 125 Å². The zero-order chi connectivity index (χ0) is 14.5. The van der Waals surface area contributed by atoms with Crippen LogP contribution in [0.4, 0.5) is 0 Å². The molecule has 106 valence electrons. The van der Waals surface area contributed by atoms with E-state index in [2.05, 4.69) is 20.1 Å². The monoisotopic (exact) mass is 300 g/mol. The van der Waals surface area contributed by atoms with Crippen molar-refractivity contribution in [3.63, 3.8) is 0 Å². The maximum absolute atomic E-state index is 5.29. The molecule has 0 amide bonds. The predicted molar refractivity (Wildman–Crippen MR) is 77.9 cm³/mol. The molecule has 0 fully saturated rings. The van der Waals surface area contributed by atoms with Gasteiger partial charge >= 0.3 is 0 Å². The Morgan fingerprint density at radius 1 is 1.14 bits per heavy atom. The fraction of sp³-hybridized carbons (Fsp3) is 0.143. The van der Waals surface area contributed by atoms with E-state index in [1.54, 1.807) is 25.6 Å². The molecular weight excluding hydrogens is 288 g/mol. The van der Waals surface area contributed by atoms with Crippen LogP contribution in [0, 0.1) is 0 Å². The quantitative estimate of drug-likeness (QED) is 0.530. The van der Waals surface area contributed by atoms with Gasteiger partial charge in [-0.05, 0) is 18.2 Å². The Bertz CT molecular complexity index is 718. The molecule has 0 aliphatic rings. The van der Waals surface area contributed by atoms with Gasteiger partial charge in [0.05, 0.1) is 18.4 Å². The zero-order valence-electron chi connectivity index (χ0n) is 11.3. The Kier molecular flexibility index (Phi) is 4.11. The molecule has 0 saturated heterocycles. The van der Waals surface area contributed by atoms with E-state index in [0.717, 1.165) is 5.56 Å². The maximum Gasteiger partial charge on any atom is 0.237 e. The normalized spacial score (nSPS) is 10.5. The number of hydrogen-bond donors (Lipinski definition) is 0. The lowest BCUT2D eigenvalue weighted by molar-refractivity contribution is 0.390. The van der Waals surface area contributed by atoms with Crippen LogP contribution in [-0.4, -0.2) is 27.2 Å². The van der Waals surface area contributed by atoms with Gasteiger partial charge in [-0.15, -0.1) is 0 Å². The van der Waals surface area contributed by atoms with E-state index in [-0.39, 0.29) is 0 Å². The highest BCUT2D eigenvalue weighted by atomic mass is 32.2. The third kappa shape index (κ3) is 3.19. The van der Waals surface area contributed by atoms with Crippen molar-refractivity contribution in [3.05, 3.63) is 48.6 Å². The third-order valence-corrected chi connectivity index (χ3v) is 3.54. The van der Waals surface area contributed by atoms with Crippen LogP contribution in [0.25, 0.3) is 11.4 Å². The molecule has 0 aliphatic carbocycles. The summed E-state index contributed by atoms with van der Waals surface area (Å²) >= 11 is 1.44. The van der Waals surface area contributed by atoms with Gasteiger partial charge in [-0.25, -0.2) is 9.97 Å². The highest BCUT2D eigenvalue weighted by Gasteiger charge is 2.13. The van der Waals surface area contributed by atoms with Crippen LogP contribution in [-0.2, 0) is 5.75 Å². The van der Waals surface area contributed by atoms with Crippen LogP contribution in [0.15, 0.2) is 52.4 Å². The number of benzene rings is 1. The summed E-state index contributed by atoms with van der Waals surface area (Å²) in [5.74, 6) is 2.26. The van der Waals surface area contributed by atoms with E-state index in [4.69, 9.17) is 9.26 Å². The number of nitrogens with zero attached hydrogens (tertiary/aromatic N) is 4. The number of ether oxygens (including phenoxy) is 1. The molecule has 6 nitrogen and oxygen atoms in total. The first-order valence-electron chi connectivity index (χ1n) is 6.22. The Balaban J connectivity index is 1.74. The van der Waals surface area contributed by atoms with Gasteiger partial charge in [-0.1, -0.05) is 29.1 Å². The van der Waals surface area contributed by atoms with Crippen LogP contribution < -0.4 is 4.74 Å². The van der Waals surface area contributed by atoms with Gasteiger partial charge in [0.1, 0.15) is 5.75 Å². The van der Waals surface area contributed by atoms with E-state index in [0.29, 0.717) is 28.4 Å². The van der Waals surface area contributed by atoms with Crippen molar-refractivity contribution in [1.29, 1.82) is 0 Å².